The van der Waals surface area contributed by atoms with Crippen LogP contribution in [0.15, 0.2) is 18.3 Å². The van der Waals surface area contributed by atoms with Gasteiger partial charge >= 0.3 is 5.97 Å². The summed E-state index contributed by atoms with van der Waals surface area (Å²) in [6, 6.07) is 3.76. The third kappa shape index (κ3) is 4.78. The molecule has 0 saturated heterocycles. The van der Waals surface area contributed by atoms with Crippen molar-refractivity contribution in [2.24, 2.45) is 11.8 Å². The lowest BCUT2D eigenvalue weighted by atomic mass is 9.80. The van der Waals surface area contributed by atoms with Gasteiger partial charge in [0, 0.05) is 28.4 Å². The van der Waals surface area contributed by atoms with Crippen LogP contribution in [0.25, 0.3) is 21.6 Å². The Bertz CT molecular complexity index is 1310. The topological polar surface area (TPSA) is 108 Å². The first-order valence-corrected chi connectivity index (χ1v) is 13.9. The van der Waals surface area contributed by atoms with Gasteiger partial charge in [-0.05, 0) is 31.1 Å². The number of aliphatic carboxylic acids is 1. The van der Waals surface area contributed by atoms with Crippen molar-refractivity contribution in [2.45, 2.75) is 64.3 Å². The van der Waals surface area contributed by atoms with Gasteiger partial charge in [0.1, 0.15) is 0 Å². The first-order valence-electron chi connectivity index (χ1n) is 12.3. The van der Waals surface area contributed by atoms with E-state index >= 15 is 0 Å². The lowest BCUT2D eigenvalue weighted by Crippen LogP contribution is -2.46. The Kier molecular flexibility index (Phi) is 7.12. The molecule has 0 radical (unpaired) electrons. The maximum absolute atomic E-state index is 13.0. The number of aromatic amines is 1. The van der Waals surface area contributed by atoms with Gasteiger partial charge < -0.3 is 10.4 Å². The Balaban J connectivity index is 1.46. The number of nitrogens with zero attached hydrogens (tertiary/aromatic N) is 2. The Morgan fingerprint density at radius 2 is 1.86 bits per heavy atom. The van der Waals surface area contributed by atoms with Gasteiger partial charge in [0.2, 0.25) is 0 Å². The molecule has 1 amide bonds. The molecule has 2 heterocycles. The van der Waals surface area contributed by atoms with E-state index in [-0.39, 0.29) is 23.8 Å². The van der Waals surface area contributed by atoms with Crippen LogP contribution in [0.5, 0.6) is 0 Å². The number of amides is 1. The molecule has 0 atom stereocenters. The quantitative estimate of drug-likeness (QED) is 0.296. The highest BCUT2D eigenvalue weighted by Gasteiger charge is 2.36. The van der Waals surface area contributed by atoms with Crippen molar-refractivity contribution in [2.75, 3.05) is 0 Å². The molecular weight excluding hydrogens is 519 g/mol. The van der Waals surface area contributed by atoms with Crippen molar-refractivity contribution < 1.29 is 14.7 Å². The maximum atomic E-state index is 13.0. The summed E-state index contributed by atoms with van der Waals surface area (Å²) in [4.78, 5) is 29.6. The van der Waals surface area contributed by atoms with E-state index in [0.29, 0.717) is 33.8 Å². The lowest BCUT2D eigenvalue weighted by molar-refractivity contribution is -0.145. The standard InChI is InChI=1S/C26H28Cl2N4O3S/c1-12(2)22-18(11-29-32-22)16-6-7-17(21(28)20(16)27)23-19(8-13-4-3-5-13)31-25(36-23)24(33)30-15-9-14(10-15)26(34)35/h6-7,11-15H,3-5,8-10H2,1-2H3,(H,29,32)(H,30,33)(H,34,35)/t14-,15-. The maximum Gasteiger partial charge on any atom is 0.306 e. The van der Waals surface area contributed by atoms with E-state index in [1.54, 1.807) is 6.20 Å². The fourth-order valence-corrected chi connectivity index (χ4v) is 6.45. The number of nitrogens with one attached hydrogen (secondary N) is 2. The average Bonchev–Trinajstić information content (AvgIpc) is 3.42. The van der Waals surface area contributed by atoms with E-state index in [4.69, 9.17) is 33.3 Å². The summed E-state index contributed by atoms with van der Waals surface area (Å²) in [5, 5.41) is 20.5. The number of aromatic nitrogens is 3. The summed E-state index contributed by atoms with van der Waals surface area (Å²) in [5.41, 5.74) is 4.35. The Labute approximate surface area is 223 Å². The average molecular weight is 548 g/mol. The molecule has 0 spiro atoms. The Hall–Kier alpha value is -2.42. The summed E-state index contributed by atoms with van der Waals surface area (Å²) in [6.07, 6.45) is 6.98. The van der Waals surface area contributed by atoms with Gasteiger partial charge in [-0.2, -0.15) is 5.10 Å². The minimum absolute atomic E-state index is 0.136. The second-order valence-electron chi connectivity index (χ2n) is 10.1. The number of benzene rings is 1. The smallest absolute Gasteiger partial charge is 0.306 e. The number of carboxylic acids is 1. The molecule has 3 N–H and O–H groups in total. The molecule has 0 unspecified atom stereocenters. The molecule has 5 rings (SSSR count). The summed E-state index contributed by atoms with van der Waals surface area (Å²) in [5.74, 6) is -0.672. The molecule has 3 aromatic rings. The molecular formula is C26H28Cl2N4O3S. The van der Waals surface area contributed by atoms with E-state index in [9.17, 15) is 9.59 Å². The highest BCUT2D eigenvalue weighted by molar-refractivity contribution is 7.17. The fourth-order valence-electron chi connectivity index (χ4n) is 4.84. The second kappa shape index (κ2) is 10.1. The van der Waals surface area contributed by atoms with E-state index in [0.717, 1.165) is 52.2 Å². The van der Waals surface area contributed by atoms with Crippen LogP contribution in [0, 0.1) is 11.8 Å². The first kappa shape index (κ1) is 25.2. The molecule has 2 saturated carbocycles. The van der Waals surface area contributed by atoms with Gasteiger partial charge in [0.15, 0.2) is 5.01 Å². The molecule has 2 aliphatic rings. The number of carbonyl (C=O) groups excluding carboxylic acids is 1. The van der Waals surface area contributed by atoms with Crippen LogP contribution in [-0.4, -0.2) is 38.2 Å². The van der Waals surface area contributed by atoms with Crippen LogP contribution in [0.4, 0.5) is 0 Å². The van der Waals surface area contributed by atoms with Crippen LogP contribution in [-0.2, 0) is 11.2 Å². The Morgan fingerprint density at radius 3 is 2.50 bits per heavy atom. The van der Waals surface area contributed by atoms with E-state index in [2.05, 4.69) is 29.4 Å². The molecule has 10 heteroatoms. The Morgan fingerprint density at radius 1 is 1.17 bits per heavy atom. The number of H-pyrrole nitrogens is 1. The molecule has 0 bridgehead atoms. The number of carbonyl (C=O) groups is 2. The van der Waals surface area contributed by atoms with Gasteiger partial charge in [-0.25, -0.2) is 4.98 Å². The number of hydrogen-bond donors (Lipinski definition) is 3. The summed E-state index contributed by atoms with van der Waals surface area (Å²) in [6.45, 7) is 4.17. The van der Waals surface area contributed by atoms with Crippen LogP contribution < -0.4 is 5.32 Å². The van der Waals surface area contributed by atoms with Gasteiger partial charge in [0.05, 0.1) is 32.7 Å². The molecule has 0 aliphatic heterocycles. The zero-order chi connectivity index (χ0) is 25.6. The predicted octanol–water partition coefficient (Wildman–Crippen LogP) is 6.57. The zero-order valence-electron chi connectivity index (χ0n) is 20.1. The minimum atomic E-state index is -0.814. The van der Waals surface area contributed by atoms with Crippen LogP contribution in [0.1, 0.15) is 73.1 Å². The van der Waals surface area contributed by atoms with Crippen molar-refractivity contribution in [3.05, 3.63) is 44.8 Å². The van der Waals surface area contributed by atoms with Crippen LogP contribution >= 0.6 is 34.5 Å². The minimum Gasteiger partial charge on any atom is -0.481 e. The van der Waals surface area contributed by atoms with Crippen LogP contribution in [0.2, 0.25) is 10.0 Å². The number of rotatable bonds is 8. The molecule has 36 heavy (non-hydrogen) atoms. The van der Waals surface area contributed by atoms with E-state index in [1.165, 1.54) is 17.8 Å². The summed E-state index contributed by atoms with van der Waals surface area (Å²) < 4.78 is 0. The highest BCUT2D eigenvalue weighted by Crippen LogP contribution is 2.45. The van der Waals surface area contributed by atoms with Crippen molar-refractivity contribution in [1.82, 2.24) is 20.5 Å². The molecule has 2 aliphatic carbocycles. The third-order valence-corrected chi connectivity index (χ3v) is 9.30. The van der Waals surface area contributed by atoms with E-state index < -0.39 is 5.97 Å². The molecule has 2 aromatic heterocycles. The summed E-state index contributed by atoms with van der Waals surface area (Å²) >= 11 is 15.0. The van der Waals surface area contributed by atoms with Gasteiger partial charge in [-0.15, -0.1) is 11.3 Å². The highest BCUT2D eigenvalue weighted by atomic mass is 35.5. The molecule has 1 aromatic carbocycles. The van der Waals surface area contributed by atoms with Crippen molar-refractivity contribution >= 4 is 46.4 Å². The second-order valence-corrected chi connectivity index (χ2v) is 11.9. The normalized spacial score (nSPS) is 19.7. The van der Waals surface area contributed by atoms with Crippen LogP contribution in [0.3, 0.4) is 0 Å². The van der Waals surface area contributed by atoms with Gasteiger partial charge in [-0.1, -0.05) is 68.4 Å². The molecule has 2 fully saturated rings. The first-order chi connectivity index (χ1) is 17.2. The third-order valence-electron chi connectivity index (χ3n) is 7.28. The number of carboxylic acid groups (broad SMARTS) is 1. The summed E-state index contributed by atoms with van der Waals surface area (Å²) in [7, 11) is 0. The predicted molar refractivity (Wildman–Crippen MR) is 142 cm³/mol. The zero-order valence-corrected chi connectivity index (χ0v) is 22.4. The van der Waals surface area contributed by atoms with Crippen molar-refractivity contribution in [1.29, 1.82) is 0 Å². The van der Waals surface area contributed by atoms with E-state index in [1.807, 2.05) is 12.1 Å². The van der Waals surface area contributed by atoms with Crippen molar-refractivity contribution in [3.63, 3.8) is 0 Å². The lowest BCUT2D eigenvalue weighted by Gasteiger charge is -2.32. The SMILES string of the molecule is CC(C)c1[nH]ncc1-c1ccc(-c2sc(C(=O)N[C@H]3C[C@H](C(=O)O)C3)nc2CC2CCC2)c(Cl)c1Cl. The number of thiazole rings is 1. The fraction of sp³-hybridized carbons (Fsp3) is 0.462. The monoisotopic (exact) mass is 546 g/mol. The largest absolute Gasteiger partial charge is 0.481 e. The van der Waals surface area contributed by atoms with Gasteiger partial charge in [0.25, 0.3) is 5.91 Å². The number of halogens is 2. The number of hydrogen-bond acceptors (Lipinski definition) is 5. The molecule has 190 valence electrons. The van der Waals surface area contributed by atoms with Gasteiger partial charge in [-0.3, -0.25) is 14.7 Å². The molecule has 7 nitrogen and oxygen atoms in total. The van der Waals surface area contributed by atoms with Crippen molar-refractivity contribution in [3.8, 4) is 21.6 Å².